The molecule has 0 spiro atoms. The Morgan fingerprint density at radius 2 is 1.74 bits per heavy atom. The SMILES string of the molecule is Cc1ccccc1NC(=O)C(C#N)C(=O)/C=C/c1ccccc1. The van der Waals surface area contributed by atoms with Crippen molar-refractivity contribution in [2.75, 3.05) is 5.32 Å². The third-order valence-electron chi connectivity index (χ3n) is 3.32. The Labute approximate surface area is 135 Å². The fraction of sp³-hybridized carbons (Fsp3) is 0.105. The number of carbonyl (C=O) groups excluding carboxylic acids is 2. The van der Waals surface area contributed by atoms with E-state index in [9.17, 15) is 9.59 Å². The normalized spacial score (nSPS) is 11.7. The molecule has 2 rings (SSSR count). The molecule has 1 amide bonds. The lowest BCUT2D eigenvalue weighted by Crippen LogP contribution is -2.27. The van der Waals surface area contributed by atoms with Gasteiger partial charge in [-0.1, -0.05) is 54.6 Å². The van der Waals surface area contributed by atoms with E-state index in [4.69, 9.17) is 5.26 Å². The molecule has 2 aromatic carbocycles. The third kappa shape index (κ3) is 4.39. The molecular formula is C19H16N2O2. The zero-order valence-corrected chi connectivity index (χ0v) is 12.7. The Hall–Kier alpha value is -3.19. The number of carbonyl (C=O) groups is 2. The van der Waals surface area contributed by atoms with Gasteiger partial charge < -0.3 is 5.32 Å². The van der Waals surface area contributed by atoms with Gasteiger partial charge in [0.25, 0.3) is 0 Å². The third-order valence-corrected chi connectivity index (χ3v) is 3.32. The first-order valence-corrected chi connectivity index (χ1v) is 7.15. The average Bonchev–Trinajstić information content (AvgIpc) is 2.57. The molecule has 0 saturated carbocycles. The molecule has 4 nitrogen and oxygen atoms in total. The van der Waals surface area contributed by atoms with Crippen LogP contribution in [-0.2, 0) is 9.59 Å². The number of anilines is 1. The van der Waals surface area contributed by atoms with Gasteiger partial charge in [0.05, 0.1) is 6.07 Å². The summed E-state index contributed by atoms with van der Waals surface area (Å²) in [5, 5.41) is 11.8. The predicted molar refractivity (Wildman–Crippen MR) is 89.4 cm³/mol. The Bertz CT molecular complexity index is 773. The van der Waals surface area contributed by atoms with Crippen molar-refractivity contribution in [3.05, 3.63) is 71.8 Å². The molecule has 23 heavy (non-hydrogen) atoms. The van der Waals surface area contributed by atoms with Gasteiger partial charge in [-0.05, 0) is 30.2 Å². The number of nitrogens with one attached hydrogen (secondary N) is 1. The maximum atomic E-state index is 12.2. The Morgan fingerprint density at radius 3 is 2.39 bits per heavy atom. The summed E-state index contributed by atoms with van der Waals surface area (Å²) in [4.78, 5) is 24.3. The fourth-order valence-corrected chi connectivity index (χ4v) is 2.01. The van der Waals surface area contributed by atoms with Gasteiger partial charge in [-0.3, -0.25) is 9.59 Å². The standard InChI is InChI=1S/C19H16N2O2/c1-14-7-5-6-10-17(14)21-19(23)16(13-20)18(22)12-11-15-8-3-2-4-9-15/h2-12,16H,1H3,(H,21,23)/b12-11+. The van der Waals surface area contributed by atoms with Crippen LogP contribution < -0.4 is 5.32 Å². The molecule has 1 N–H and O–H groups in total. The molecule has 0 fully saturated rings. The molecule has 0 aromatic heterocycles. The molecule has 1 unspecified atom stereocenters. The highest BCUT2D eigenvalue weighted by molar-refractivity contribution is 6.14. The Kier molecular flexibility index (Phi) is 5.43. The molecule has 0 bridgehead atoms. The minimum Gasteiger partial charge on any atom is -0.324 e. The summed E-state index contributed by atoms with van der Waals surface area (Å²) >= 11 is 0. The molecule has 0 saturated heterocycles. The summed E-state index contributed by atoms with van der Waals surface area (Å²) < 4.78 is 0. The van der Waals surface area contributed by atoms with E-state index in [0.717, 1.165) is 11.1 Å². The number of ketones is 1. The van der Waals surface area contributed by atoms with Crippen molar-refractivity contribution in [2.45, 2.75) is 6.92 Å². The largest absolute Gasteiger partial charge is 0.324 e. The fourth-order valence-electron chi connectivity index (χ4n) is 2.01. The number of para-hydroxylation sites is 1. The molecule has 1 atom stereocenters. The van der Waals surface area contributed by atoms with Gasteiger partial charge in [-0.25, -0.2) is 0 Å². The van der Waals surface area contributed by atoms with Crippen LogP contribution in [0.2, 0.25) is 0 Å². The predicted octanol–water partition coefficient (Wildman–Crippen LogP) is 3.36. The number of hydrogen-bond acceptors (Lipinski definition) is 3. The lowest BCUT2D eigenvalue weighted by molar-refractivity contribution is -0.126. The molecule has 114 valence electrons. The number of nitrogens with zero attached hydrogens (tertiary/aromatic N) is 1. The summed E-state index contributed by atoms with van der Waals surface area (Å²) in [5.74, 6) is -2.53. The van der Waals surface area contributed by atoms with Crippen LogP contribution in [0.1, 0.15) is 11.1 Å². The molecule has 4 heteroatoms. The van der Waals surface area contributed by atoms with Crippen LogP contribution in [0, 0.1) is 24.2 Å². The van der Waals surface area contributed by atoms with Gasteiger partial charge in [0, 0.05) is 5.69 Å². The highest BCUT2D eigenvalue weighted by Crippen LogP contribution is 2.15. The molecule has 2 aromatic rings. The number of aryl methyl sites for hydroxylation is 1. The van der Waals surface area contributed by atoms with E-state index in [0.29, 0.717) is 5.69 Å². The van der Waals surface area contributed by atoms with Crippen molar-refractivity contribution >= 4 is 23.5 Å². The minimum absolute atomic E-state index is 0.539. The van der Waals surface area contributed by atoms with Gasteiger partial charge in [0.2, 0.25) is 5.91 Å². The number of rotatable bonds is 5. The van der Waals surface area contributed by atoms with E-state index in [1.54, 1.807) is 24.3 Å². The van der Waals surface area contributed by atoms with Gasteiger partial charge in [-0.2, -0.15) is 5.26 Å². The summed E-state index contributed by atoms with van der Waals surface area (Å²) in [6, 6.07) is 18.2. The number of benzene rings is 2. The lowest BCUT2D eigenvalue weighted by Gasteiger charge is -2.10. The van der Waals surface area contributed by atoms with E-state index < -0.39 is 17.6 Å². The number of allylic oxidation sites excluding steroid dienone is 1. The minimum atomic E-state index is -1.37. The Morgan fingerprint density at radius 1 is 1.09 bits per heavy atom. The van der Waals surface area contributed by atoms with Crippen LogP contribution in [-0.4, -0.2) is 11.7 Å². The second-order valence-corrected chi connectivity index (χ2v) is 5.01. The highest BCUT2D eigenvalue weighted by atomic mass is 16.2. The zero-order chi connectivity index (χ0) is 16.7. The summed E-state index contributed by atoms with van der Waals surface area (Å²) in [6.07, 6.45) is 2.86. The molecular weight excluding hydrogens is 288 g/mol. The van der Waals surface area contributed by atoms with E-state index in [1.165, 1.54) is 6.08 Å². The maximum absolute atomic E-state index is 12.2. The molecule has 0 aliphatic rings. The topological polar surface area (TPSA) is 70.0 Å². The van der Waals surface area contributed by atoms with Crippen molar-refractivity contribution < 1.29 is 9.59 Å². The van der Waals surface area contributed by atoms with Crippen LogP contribution in [0.4, 0.5) is 5.69 Å². The molecule has 0 radical (unpaired) electrons. The van der Waals surface area contributed by atoms with Crippen LogP contribution in [0.25, 0.3) is 6.08 Å². The van der Waals surface area contributed by atoms with Crippen molar-refractivity contribution in [3.63, 3.8) is 0 Å². The van der Waals surface area contributed by atoms with Gasteiger partial charge in [0.1, 0.15) is 0 Å². The molecule has 0 aliphatic heterocycles. The van der Waals surface area contributed by atoms with Crippen LogP contribution in [0.3, 0.4) is 0 Å². The zero-order valence-electron chi connectivity index (χ0n) is 12.7. The summed E-state index contributed by atoms with van der Waals surface area (Å²) in [6.45, 7) is 1.84. The second-order valence-electron chi connectivity index (χ2n) is 5.01. The number of hydrogen-bond donors (Lipinski definition) is 1. The van der Waals surface area contributed by atoms with E-state index in [-0.39, 0.29) is 0 Å². The van der Waals surface area contributed by atoms with Crippen LogP contribution in [0.5, 0.6) is 0 Å². The Balaban J connectivity index is 2.08. The number of amides is 1. The monoisotopic (exact) mass is 304 g/mol. The molecule has 0 heterocycles. The van der Waals surface area contributed by atoms with Crippen LogP contribution in [0.15, 0.2) is 60.7 Å². The van der Waals surface area contributed by atoms with Crippen LogP contribution >= 0.6 is 0 Å². The second kappa shape index (κ2) is 7.71. The average molecular weight is 304 g/mol. The van der Waals surface area contributed by atoms with Gasteiger partial charge in [-0.15, -0.1) is 0 Å². The van der Waals surface area contributed by atoms with E-state index in [2.05, 4.69) is 5.32 Å². The quantitative estimate of drug-likeness (QED) is 0.680. The van der Waals surface area contributed by atoms with Crippen molar-refractivity contribution in [2.24, 2.45) is 5.92 Å². The first kappa shape index (κ1) is 16.2. The smallest absolute Gasteiger partial charge is 0.249 e. The summed E-state index contributed by atoms with van der Waals surface area (Å²) in [7, 11) is 0. The summed E-state index contributed by atoms with van der Waals surface area (Å²) in [5.41, 5.74) is 2.29. The van der Waals surface area contributed by atoms with Gasteiger partial charge >= 0.3 is 0 Å². The van der Waals surface area contributed by atoms with Gasteiger partial charge in [0.15, 0.2) is 11.7 Å². The van der Waals surface area contributed by atoms with Crippen molar-refractivity contribution in [3.8, 4) is 6.07 Å². The maximum Gasteiger partial charge on any atom is 0.249 e. The highest BCUT2D eigenvalue weighted by Gasteiger charge is 2.24. The lowest BCUT2D eigenvalue weighted by atomic mass is 10.0. The molecule has 0 aliphatic carbocycles. The van der Waals surface area contributed by atoms with E-state index in [1.807, 2.05) is 49.4 Å². The first-order valence-electron chi connectivity index (χ1n) is 7.15. The van der Waals surface area contributed by atoms with Crippen molar-refractivity contribution in [1.82, 2.24) is 0 Å². The van der Waals surface area contributed by atoms with Crippen molar-refractivity contribution in [1.29, 1.82) is 5.26 Å². The van der Waals surface area contributed by atoms with E-state index >= 15 is 0 Å². The number of nitriles is 1. The first-order chi connectivity index (χ1) is 11.1.